The molecule has 0 unspecified atom stereocenters. The molecule has 0 amide bonds. The summed E-state index contributed by atoms with van der Waals surface area (Å²) in [5, 5.41) is 18.8. The molecule has 10 heteroatoms. The van der Waals surface area contributed by atoms with Crippen LogP contribution < -0.4 is 10.0 Å². The fraction of sp³-hybridized carbons (Fsp3) is 0.125. The first-order valence-corrected chi connectivity index (χ1v) is 12.6. The van der Waals surface area contributed by atoms with Crippen LogP contribution in [0.1, 0.15) is 21.9 Å². The van der Waals surface area contributed by atoms with Crippen molar-refractivity contribution in [1.29, 1.82) is 5.26 Å². The Bertz CT molecular complexity index is 1510. The Morgan fingerprint density at radius 3 is 2.50 bits per heavy atom. The van der Waals surface area contributed by atoms with Crippen LogP contribution in [-0.4, -0.2) is 18.6 Å². The van der Waals surface area contributed by atoms with E-state index in [9.17, 15) is 13.7 Å². The molecule has 0 aliphatic carbocycles. The highest BCUT2D eigenvalue weighted by Gasteiger charge is 2.16. The molecule has 0 aliphatic rings. The lowest BCUT2D eigenvalue weighted by Gasteiger charge is -2.06. The van der Waals surface area contributed by atoms with Gasteiger partial charge in [0.05, 0.1) is 10.6 Å². The third-order valence-electron chi connectivity index (χ3n) is 5.07. The number of sulfonamides is 1. The van der Waals surface area contributed by atoms with E-state index >= 15 is 0 Å². The molecule has 2 aromatic carbocycles. The number of hydrogen-bond acceptors (Lipinski definition) is 8. The fourth-order valence-electron chi connectivity index (χ4n) is 3.07. The molecule has 8 nitrogen and oxygen atoms in total. The van der Waals surface area contributed by atoms with E-state index in [0.29, 0.717) is 22.0 Å². The standard InChI is InChI=1S/C24H21N5O3S2/c1-15-4-5-18(10-16(15)2)22-14-33-24(27-22)19(12-25)13-26-20-6-8-21(9-7-20)34(30,31)29-23-11-17(3)32-28-23/h4-11,13-14,26H,1-3H3,(H,28,29)/b19-13-. The van der Waals surface area contributed by atoms with Crippen molar-refractivity contribution in [3.8, 4) is 17.3 Å². The molecule has 0 saturated heterocycles. The highest BCUT2D eigenvalue weighted by atomic mass is 32.2. The maximum atomic E-state index is 12.5. The van der Waals surface area contributed by atoms with Crippen molar-refractivity contribution >= 4 is 38.4 Å². The van der Waals surface area contributed by atoms with Crippen LogP contribution >= 0.6 is 11.3 Å². The first kappa shape index (κ1) is 23.2. The summed E-state index contributed by atoms with van der Waals surface area (Å²) < 4.78 is 32.2. The second kappa shape index (κ2) is 9.51. The van der Waals surface area contributed by atoms with E-state index < -0.39 is 10.0 Å². The normalized spacial score (nSPS) is 11.8. The monoisotopic (exact) mass is 491 g/mol. The number of aryl methyl sites for hydroxylation is 3. The van der Waals surface area contributed by atoms with Gasteiger partial charge >= 0.3 is 0 Å². The van der Waals surface area contributed by atoms with Crippen molar-refractivity contribution in [2.24, 2.45) is 0 Å². The van der Waals surface area contributed by atoms with Gasteiger partial charge in [0.1, 0.15) is 22.4 Å². The van der Waals surface area contributed by atoms with Crippen LogP contribution in [0.15, 0.2) is 69.5 Å². The van der Waals surface area contributed by atoms with E-state index in [1.165, 1.54) is 40.7 Å². The van der Waals surface area contributed by atoms with Crippen LogP contribution in [0.25, 0.3) is 16.8 Å². The van der Waals surface area contributed by atoms with Gasteiger partial charge in [-0.1, -0.05) is 17.3 Å². The number of nitrogens with zero attached hydrogens (tertiary/aromatic N) is 3. The molecule has 0 fully saturated rings. The zero-order valence-corrected chi connectivity index (χ0v) is 20.3. The van der Waals surface area contributed by atoms with Crippen LogP contribution in [0.4, 0.5) is 11.5 Å². The highest BCUT2D eigenvalue weighted by molar-refractivity contribution is 7.92. The van der Waals surface area contributed by atoms with Gasteiger partial charge in [0.2, 0.25) is 0 Å². The predicted octanol–water partition coefficient (Wildman–Crippen LogP) is 5.50. The summed E-state index contributed by atoms with van der Waals surface area (Å²) in [4.78, 5) is 4.68. The zero-order chi connectivity index (χ0) is 24.3. The van der Waals surface area contributed by atoms with E-state index in [-0.39, 0.29) is 10.7 Å². The fourth-order valence-corrected chi connectivity index (χ4v) is 4.85. The van der Waals surface area contributed by atoms with E-state index in [0.717, 1.165) is 11.3 Å². The Labute approximate surface area is 201 Å². The van der Waals surface area contributed by atoms with Crippen molar-refractivity contribution < 1.29 is 12.9 Å². The smallest absolute Gasteiger partial charge is 0.263 e. The molecule has 0 saturated carbocycles. The number of hydrogen-bond donors (Lipinski definition) is 2. The minimum atomic E-state index is -3.80. The number of thiazole rings is 1. The van der Waals surface area contributed by atoms with Gasteiger partial charge in [-0.05, 0) is 62.2 Å². The van der Waals surface area contributed by atoms with E-state index in [1.807, 2.05) is 11.4 Å². The average Bonchev–Trinajstić information content (AvgIpc) is 3.45. The molecule has 2 aromatic heterocycles. The van der Waals surface area contributed by atoms with Gasteiger partial charge in [-0.25, -0.2) is 13.4 Å². The predicted molar refractivity (Wildman–Crippen MR) is 133 cm³/mol. The molecule has 4 aromatic rings. The van der Waals surface area contributed by atoms with Crippen LogP contribution in [0, 0.1) is 32.1 Å². The first-order chi connectivity index (χ1) is 16.2. The second-order valence-electron chi connectivity index (χ2n) is 7.60. The summed E-state index contributed by atoms with van der Waals surface area (Å²) in [7, 11) is -3.80. The van der Waals surface area contributed by atoms with Crippen molar-refractivity contribution in [3.63, 3.8) is 0 Å². The van der Waals surface area contributed by atoms with Crippen molar-refractivity contribution in [2.75, 3.05) is 10.0 Å². The van der Waals surface area contributed by atoms with Crippen LogP contribution in [0.3, 0.4) is 0 Å². The van der Waals surface area contributed by atoms with Gasteiger partial charge in [0, 0.05) is 28.9 Å². The van der Waals surface area contributed by atoms with Crippen LogP contribution in [0.2, 0.25) is 0 Å². The molecule has 0 atom stereocenters. The molecule has 2 heterocycles. The Balaban J connectivity index is 1.47. The Morgan fingerprint density at radius 1 is 1.09 bits per heavy atom. The number of allylic oxidation sites excluding steroid dienone is 1. The molecule has 34 heavy (non-hydrogen) atoms. The van der Waals surface area contributed by atoms with Crippen LogP contribution in [0.5, 0.6) is 0 Å². The summed E-state index contributed by atoms with van der Waals surface area (Å²) in [6.45, 7) is 5.78. The summed E-state index contributed by atoms with van der Waals surface area (Å²) in [5.74, 6) is 0.614. The van der Waals surface area contributed by atoms with Gasteiger partial charge in [-0.15, -0.1) is 11.3 Å². The van der Waals surface area contributed by atoms with Gasteiger partial charge in [0.25, 0.3) is 10.0 Å². The third kappa shape index (κ3) is 5.17. The van der Waals surface area contributed by atoms with E-state index in [2.05, 4.69) is 52.2 Å². The van der Waals surface area contributed by atoms with Gasteiger partial charge in [0.15, 0.2) is 5.82 Å². The zero-order valence-electron chi connectivity index (χ0n) is 18.7. The molecule has 0 radical (unpaired) electrons. The Kier molecular flexibility index (Phi) is 6.49. The number of nitriles is 1. The lowest BCUT2D eigenvalue weighted by Crippen LogP contribution is -2.13. The molecular weight excluding hydrogens is 470 g/mol. The second-order valence-corrected chi connectivity index (χ2v) is 10.1. The maximum Gasteiger partial charge on any atom is 0.263 e. The molecule has 0 bridgehead atoms. The average molecular weight is 492 g/mol. The van der Waals surface area contributed by atoms with Crippen LogP contribution in [-0.2, 0) is 10.0 Å². The number of aromatic nitrogens is 2. The lowest BCUT2D eigenvalue weighted by molar-refractivity contribution is 0.400. The van der Waals surface area contributed by atoms with E-state index in [1.54, 1.807) is 25.3 Å². The molecule has 172 valence electrons. The third-order valence-corrected chi connectivity index (χ3v) is 7.32. The van der Waals surface area contributed by atoms with Crippen molar-refractivity contribution in [1.82, 2.24) is 10.1 Å². The van der Waals surface area contributed by atoms with Crippen molar-refractivity contribution in [2.45, 2.75) is 25.7 Å². The number of rotatable bonds is 7. The van der Waals surface area contributed by atoms with Gasteiger partial charge in [-0.3, -0.25) is 4.72 Å². The first-order valence-electron chi connectivity index (χ1n) is 10.2. The Morgan fingerprint density at radius 2 is 1.85 bits per heavy atom. The molecular formula is C24H21N5O3S2. The number of benzene rings is 2. The molecule has 2 N–H and O–H groups in total. The van der Waals surface area contributed by atoms with E-state index in [4.69, 9.17) is 4.52 Å². The van der Waals surface area contributed by atoms with Crippen molar-refractivity contribution in [3.05, 3.63) is 82.0 Å². The SMILES string of the molecule is Cc1cc(NS(=O)(=O)c2ccc(N/C=C(/C#N)c3nc(-c4ccc(C)c(C)c4)cs3)cc2)no1. The largest absolute Gasteiger partial charge is 0.360 e. The minimum absolute atomic E-state index is 0.0705. The quantitative estimate of drug-likeness (QED) is 0.327. The van der Waals surface area contributed by atoms with Gasteiger partial charge in [-0.2, -0.15) is 5.26 Å². The lowest BCUT2D eigenvalue weighted by atomic mass is 10.1. The number of nitrogens with one attached hydrogen (secondary N) is 2. The summed E-state index contributed by atoms with van der Waals surface area (Å²) in [6.07, 6.45) is 1.56. The summed E-state index contributed by atoms with van der Waals surface area (Å²) >= 11 is 1.39. The van der Waals surface area contributed by atoms with Gasteiger partial charge < -0.3 is 9.84 Å². The number of anilines is 2. The molecule has 4 rings (SSSR count). The highest BCUT2D eigenvalue weighted by Crippen LogP contribution is 2.27. The summed E-state index contributed by atoms with van der Waals surface area (Å²) in [6, 6.07) is 15.9. The molecule has 0 spiro atoms. The Hall–Kier alpha value is -3.94. The molecule has 0 aliphatic heterocycles. The topological polar surface area (TPSA) is 121 Å². The minimum Gasteiger partial charge on any atom is -0.360 e. The summed E-state index contributed by atoms with van der Waals surface area (Å²) in [5.41, 5.74) is 5.20. The maximum absolute atomic E-state index is 12.5.